The number of allylic oxidation sites excluding steroid dienone is 2. The van der Waals surface area contributed by atoms with Crippen molar-refractivity contribution < 1.29 is 13.9 Å². The SMILES string of the molecule is C=C(N)/N=C\C=C(/C)c1cnc(NCc2cccc(C(=O)NC3CC3F)c2)c2c1OCC2. The number of amides is 1. The molecule has 2 aliphatic rings. The molecule has 166 valence electrons. The lowest BCUT2D eigenvalue weighted by atomic mass is 10.0. The van der Waals surface area contributed by atoms with Crippen LogP contribution in [0.1, 0.15) is 40.4 Å². The van der Waals surface area contributed by atoms with E-state index in [1.54, 1.807) is 24.5 Å². The zero-order valence-electron chi connectivity index (χ0n) is 17.9. The topological polar surface area (TPSA) is 102 Å². The van der Waals surface area contributed by atoms with E-state index in [-0.39, 0.29) is 17.8 Å². The van der Waals surface area contributed by atoms with Gasteiger partial charge in [0, 0.05) is 48.5 Å². The molecule has 1 aromatic heterocycles. The minimum Gasteiger partial charge on any atom is -0.492 e. The molecule has 1 aromatic carbocycles. The first kappa shape index (κ1) is 21.5. The standard InChI is InChI=1S/C24H26FN5O2/c1-14(6-8-27-15(2)26)19-13-29-23(18-7-9-32-22(18)19)28-12-16-4-3-5-17(10-16)24(31)30-21-11-20(21)25/h3-6,8,10,13,20-21H,2,7,9,11-12,26H2,1H3,(H,28,29)(H,30,31)/b14-6+,27-8-. The molecule has 1 aliphatic carbocycles. The maximum Gasteiger partial charge on any atom is 0.251 e. The third kappa shape index (κ3) is 4.96. The summed E-state index contributed by atoms with van der Waals surface area (Å²) in [5.74, 6) is 1.56. The Morgan fingerprint density at radius 1 is 1.47 bits per heavy atom. The summed E-state index contributed by atoms with van der Waals surface area (Å²) in [5, 5.41) is 6.06. The molecule has 1 aliphatic heterocycles. The number of halogens is 1. The van der Waals surface area contributed by atoms with Crippen LogP contribution in [0.25, 0.3) is 5.57 Å². The van der Waals surface area contributed by atoms with Crippen LogP contribution >= 0.6 is 0 Å². The number of benzene rings is 1. The molecule has 4 N–H and O–H groups in total. The number of carbonyl (C=O) groups is 1. The number of rotatable bonds is 8. The van der Waals surface area contributed by atoms with E-state index in [9.17, 15) is 9.18 Å². The highest BCUT2D eigenvalue weighted by Gasteiger charge is 2.38. The molecule has 4 rings (SSSR count). The summed E-state index contributed by atoms with van der Waals surface area (Å²) in [6.45, 7) is 6.59. The number of aliphatic imine (C=N–C) groups is 1. The van der Waals surface area contributed by atoms with E-state index in [0.29, 0.717) is 25.1 Å². The molecule has 2 unspecified atom stereocenters. The van der Waals surface area contributed by atoms with Gasteiger partial charge in [0.15, 0.2) is 0 Å². The number of hydrogen-bond acceptors (Lipinski definition) is 6. The lowest BCUT2D eigenvalue weighted by Gasteiger charge is -2.13. The molecule has 2 aromatic rings. The highest BCUT2D eigenvalue weighted by molar-refractivity contribution is 5.94. The molecule has 1 saturated carbocycles. The molecule has 2 heterocycles. The third-order valence-electron chi connectivity index (χ3n) is 5.39. The smallest absolute Gasteiger partial charge is 0.251 e. The Morgan fingerprint density at radius 2 is 2.28 bits per heavy atom. The fourth-order valence-corrected chi connectivity index (χ4v) is 3.53. The number of anilines is 1. The quantitative estimate of drug-likeness (QED) is 0.552. The average Bonchev–Trinajstić information content (AvgIpc) is 3.24. The average molecular weight is 436 g/mol. The minimum absolute atomic E-state index is 0.244. The second-order valence-electron chi connectivity index (χ2n) is 7.93. The summed E-state index contributed by atoms with van der Waals surface area (Å²) in [4.78, 5) is 20.9. The van der Waals surface area contributed by atoms with Crippen LogP contribution in [0.15, 0.2) is 53.9 Å². The van der Waals surface area contributed by atoms with E-state index in [1.807, 2.05) is 25.1 Å². The van der Waals surface area contributed by atoms with Gasteiger partial charge in [-0.3, -0.25) is 4.79 Å². The van der Waals surface area contributed by atoms with Gasteiger partial charge in [-0.15, -0.1) is 0 Å². The van der Waals surface area contributed by atoms with Crippen LogP contribution in [0.2, 0.25) is 0 Å². The number of nitrogens with two attached hydrogens (primary N) is 1. The van der Waals surface area contributed by atoms with Gasteiger partial charge in [-0.2, -0.15) is 0 Å². The van der Waals surface area contributed by atoms with Crippen LogP contribution in [-0.4, -0.2) is 35.9 Å². The van der Waals surface area contributed by atoms with Crippen molar-refractivity contribution in [3.05, 3.63) is 71.2 Å². The van der Waals surface area contributed by atoms with E-state index in [2.05, 4.69) is 27.2 Å². The molecular formula is C24H26FN5O2. The monoisotopic (exact) mass is 435 g/mol. The number of carbonyl (C=O) groups excluding carboxylic acids is 1. The van der Waals surface area contributed by atoms with E-state index in [0.717, 1.165) is 40.3 Å². The van der Waals surface area contributed by atoms with E-state index in [1.165, 1.54) is 0 Å². The zero-order valence-corrected chi connectivity index (χ0v) is 17.9. The Bertz CT molecular complexity index is 1110. The minimum atomic E-state index is -0.923. The summed E-state index contributed by atoms with van der Waals surface area (Å²) in [6.07, 6.45) is 5.45. The number of nitrogens with one attached hydrogen (secondary N) is 2. The van der Waals surface area contributed by atoms with Crippen molar-refractivity contribution in [2.24, 2.45) is 10.7 Å². The van der Waals surface area contributed by atoms with Crippen molar-refractivity contribution in [1.29, 1.82) is 0 Å². The van der Waals surface area contributed by atoms with Gasteiger partial charge in [-0.1, -0.05) is 18.7 Å². The van der Waals surface area contributed by atoms with E-state index >= 15 is 0 Å². The Morgan fingerprint density at radius 3 is 3.03 bits per heavy atom. The third-order valence-corrected chi connectivity index (χ3v) is 5.39. The normalized spacial score (nSPS) is 19.4. The van der Waals surface area contributed by atoms with Gasteiger partial charge in [0.25, 0.3) is 5.91 Å². The molecule has 8 heteroatoms. The first-order valence-corrected chi connectivity index (χ1v) is 10.5. The molecule has 0 radical (unpaired) electrons. The summed E-state index contributed by atoms with van der Waals surface area (Å²) in [7, 11) is 0. The molecule has 0 bridgehead atoms. The van der Waals surface area contributed by atoms with Crippen molar-refractivity contribution in [3.63, 3.8) is 0 Å². The molecule has 7 nitrogen and oxygen atoms in total. The van der Waals surface area contributed by atoms with Crippen molar-refractivity contribution in [2.75, 3.05) is 11.9 Å². The molecule has 32 heavy (non-hydrogen) atoms. The van der Waals surface area contributed by atoms with Crippen LogP contribution < -0.4 is 21.1 Å². The first-order chi connectivity index (χ1) is 15.4. The number of pyridine rings is 1. The van der Waals surface area contributed by atoms with Crippen molar-refractivity contribution in [1.82, 2.24) is 10.3 Å². The van der Waals surface area contributed by atoms with Crippen LogP contribution in [0.4, 0.5) is 10.2 Å². The van der Waals surface area contributed by atoms with Crippen molar-refractivity contribution in [3.8, 4) is 5.75 Å². The van der Waals surface area contributed by atoms with Crippen molar-refractivity contribution >= 4 is 23.5 Å². The van der Waals surface area contributed by atoms with E-state index in [4.69, 9.17) is 10.5 Å². The van der Waals surface area contributed by atoms with Crippen LogP contribution in [0.3, 0.4) is 0 Å². The van der Waals surface area contributed by atoms with Gasteiger partial charge < -0.3 is 21.1 Å². The Balaban J connectivity index is 1.46. The van der Waals surface area contributed by atoms with E-state index < -0.39 is 6.17 Å². The lowest BCUT2D eigenvalue weighted by molar-refractivity contribution is 0.0947. The highest BCUT2D eigenvalue weighted by Crippen LogP contribution is 2.37. The molecule has 1 amide bonds. The molecule has 1 fully saturated rings. The Kier molecular flexibility index (Phi) is 6.20. The van der Waals surface area contributed by atoms with Crippen LogP contribution in [0.5, 0.6) is 5.75 Å². The number of fused-ring (bicyclic) bond motifs is 1. The summed E-state index contributed by atoms with van der Waals surface area (Å²) >= 11 is 0. The van der Waals surface area contributed by atoms with Crippen LogP contribution in [-0.2, 0) is 13.0 Å². The molecule has 2 atom stereocenters. The first-order valence-electron chi connectivity index (χ1n) is 10.5. The predicted octanol–water partition coefficient (Wildman–Crippen LogP) is 3.37. The predicted molar refractivity (Wildman–Crippen MR) is 123 cm³/mol. The molecule has 0 spiro atoms. The molecular weight excluding hydrogens is 409 g/mol. The number of ether oxygens (including phenoxy) is 1. The van der Waals surface area contributed by atoms with Crippen molar-refractivity contribution in [2.45, 2.75) is 38.5 Å². The molecule has 0 saturated heterocycles. The summed E-state index contributed by atoms with van der Waals surface area (Å²) in [5.41, 5.74) is 9.79. The summed E-state index contributed by atoms with van der Waals surface area (Å²) in [6, 6.07) is 6.93. The van der Waals surface area contributed by atoms with Gasteiger partial charge >= 0.3 is 0 Å². The fraction of sp³-hybridized carbons (Fsp3) is 0.292. The van der Waals surface area contributed by atoms with Gasteiger partial charge in [-0.05, 0) is 36.3 Å². The largest absolute Gasteiger partial charge is 0.492 e. The zero-order chi connectivity index (χ0) is 22.7. The lowest BCUT2D eigenvalue weighted by Crippen LogP contribution is -2.27. The summed E-state index contributed by atoms with van der Waals surface area (Å²) < 4.78 is 18.9. The fourth-order valence-electron chi connectivity index (χ4n) is 3.53. The van der Waals surface area contributed by atoms with Gasteiger partial charge in [0.1, 0.15) is 23.6 Å². The second-order valence-corrected chi connectivity index (χ2v) is 7.93. The maximum absolute atomic E-state index is 13.1. The maximum atomic E-state index is 13.1. The number of nitrogens with zero attached hydrogens (tertiary/aromatic N) is 2. The second kappa shape index (κ2) is 9.21. The number of aromatic nitrogens is 1. The Labute approximate surface area is 186 Å². The highest BCUT2D eigenvalue weighted by atomic mass is 19.1. The van der Waals surface area contributed by atoms with Gasteiger partial charge in [0.05, 0.1) is 12.6 Å². The number of alkyl halides is 1. The van der Waals surface area contributed by atoms with Gasteiger partial charge in [0.2, 0.25) is 0 Å². The van der Waals surface area contributed by atoms with Crippen LogP contribution in [0, 0.1) is 0 Å². The van der Waals surface area contributed by atoms with Gasteiger partial charge in [-0.25, -0.2) is 14.4 Å². The number of hydrogen-bond donors (Lipinski definition) is 3. The Hall–Kier alpha value is -3.68.